The Hall–Kier alpha value is -0.850. The van der Waals surface area contributed by atoms with Crippen LogP contribution in [0.5, 0.6) is 0 Å². The van der Waals surface area contributed by atoms with Gasteiger partial charge in [-0.15, -0.1) is 0 Å². The molecule has 0 aromatic rings. The van der Waals surface area contributed by atoms with E-state index >= 15 is 0 Å². The highest BCUT2D eigenvalue weighted by Crippen LogP contribution is 2.40. The fourth-order valence-corrected chi connectivity index (χ4v) is 3.44. The molecule has 1 aliphatic carbocycles. The number of aliphatic hydroxyl groups excluding tert-OH is 1. The van der Waals surface area contributed by atoms with E-state index in [2.05, 4.69) is 22.5 Å². The van der Waals surface area contributed by atoms with Crippen molar-refractivity contribution in [2.75, 3.05) is 53.2 Å². The van der Waals surface area contributed by atoms with Crippen LogP contribution < -0.4 is 10.6 Å². The van der Waals surface area contributed by atoms with E-state index in [4.69, 9.17) is 9.47 Å². The maximum atomic E-state index is 9.52. The number of nitrogens with zero attached hydrogens (tertiary/aromatic N) is 1. The van der Waals surface area contributed by atoms with Crippen molar-refractivity contribution in [1.82, 2.24) is 10.6 Å². The van der Waals surface area contributed by atoms with Crippen molar-refractivity contribution in [3.05, 3.63) is 0 Å². The number of ether oxygens (including phenoxy) is 2. The Morgan fingerprint density at radius 1 is 1.22 bits per heavy atom. The van der Waals surface area contributed by atoms with Crippen molar-refractivity contribution in [3.8, 4) is 0 Å². The van der Waals surface area contributed by atoms with Crippen molar-refractivity contribution in [1.29, 1.82) is 0 Å². The summed E-state index contributed by atoms with van der Waals surface area (Å²) in [5, 5.41) is 16.3. The lowest BCUT2D eigenvalue weighted by Crippen LogP contribution is -2.49. The number of aliphatic imine (C=N–C) groups is 1. The summed E-state index contributed by atoms with van der Waals surface area (Å²) in [7, 11) is 1.77. The van der Waals surface area contributed by atoms with Crippen LogP contribution in [0.15, 0.2) is 4.99 Å². The molecule has 23 heavy (non-hydrogen) atoms. The molecule has 6 heteroatoms. The molecule has 1 heterocycles. The van der Waals surface area contributed by atoms with Crippen LogP contribution in [0, 0.1) is 10.8 Å². The van der Waals surface area contributed by atoms with Crippen LogP contribution in [-0.2, 0) is 9.47 Å². The summed E-state index contributed by atoms with van der Waals surface area (Å²) < 4.78 is 10.5. The average Bonchev–Trinajstić information content (AvgIpc) is 2.99. The van der Waals surface area contributed by atoms with E-state index in [9.17, 15) is 5.11 Å². The molecule has 1 aliphatic heterocycles. The third-order valence-corrected chi connectivity index (χ3v) is 5.20. The summed E-state index contributed by atoms with van der Waals surface area (Å²) in [6.07, 6.45) is 6.24. The number of hydrogen-bond acceptors (Lipinski definition) is 4. The maximum Gasteiger partial charge on any atom is 0.191 e. The van der Waals surface area contributed by atoms with Gasteiger partial charge in [0.15, 0.2) is 5.96 Å². The van der Waals surface area contributed by atoms with Gasteiger partial charge in [0.1, 0.15) is 0 Å². The monoisotopic (exact) mass is 327 g/mol. The first-order valence-electron chi connectivity index (χ1n) is 8.87. The predicted molar refractivity (Wildman–Crippen MR) is 91.7 cm³/mol. The molecule has 0 aromatic heterocycles. The molecule has 0 unspecified atom stereocenters. The second-order valence-corrected chi connectivity index (χ2v) is 7.15. The molecule has 0 bridgehead atoms. The van der Waals surface area contributed by atoms with Crippen LogP contribution in [0.4, 0.5) is 0 Å². The normalized spacial score (nSPS) is 22.7. The lowest BCUT2D eigenvalue weighted by atomic mass is 9.83. The number of rotatable bonds is 9. The van der Waals surface area contributed by atoms with E-state index in [1.54, 1.807) is 7.11 Å². The molecule has 2 fully saturated rings. The molecule has 134 valence electrons. The molecule has 6 nitrogen and oxygen atoms in total. The van der Waals surface area contributed by atoms with Crippen molar-refractivity contribution in [2.45, 2.75) is 39.0 Å². The fraction of sp³-hybridized carbons (Fsp3) is 0.941. The lowest BCUT2D eigenvalue weighted by Gasteiger charge is -2.38. The largest absolute Gasteiger partial charge is 0.396 e. The molecular formula is C17H33N3O3. The van der Waals surface area contributed by atoms with Crippen molar-refractivity contribution < 1.29 is 14.6 Å². The minimum absolute atomic E-state index is 0.133. The Labute approximate surface area is 140 Å². The smallest absolute Gasteiger partial charge is 0.191 e. The summed E-state index contributed by atoms with van der Waals surface area (Å²) in [5.74, 6) is 0.843. The van der Waals surface area contributed by atoms with Gasteiger partial charge in [-0.2, -0.15) is 0 Å². The molecule has 0 amide bonds. The van der Waals surface area contributed by atoms with Gasteiger partial charge in [0.2, 0.25) is 0 Å². The van der Waals surface area contributed by atoms with E-state index in [0.29, 0.717) is 25.2 Å². The average molecular weight is 327 g/mol. The van der Waals surface area contributed by atoms with Crippen LogP contribution in [0.3, 0.4) is 0 Å². The second-order valence-electron chi connectivity index (χ2n) is 7.15. The van der Waals surface area contributed by atoms with Gasteiger partial charge in [0, 0.05) is 26.8 Å². The van der Waals surface area contributed by atoms with E-state index in [1.165, 1.54) is 25.7 Å². The first-order valence-corrected chi connectivity index (χ1v) is 8.87. The number of methoxy groups -OCH3 is 1. The molecule has 0 spiro atoms. The number of nitrogens with one attached hydrogen (secondary N) is 2. The highest BCUT2D eigenvalue weighted by Gasteiger charge is 2.38. The van der Waals surface area contributed by atoms with Gasteiger partial charge in [-0.05, 0) is 31.6 Å². The molecule has 3 N–H and O–H groups in total. The standard InChI is InChI=1S/C17H33N3O3/c1-3-18-15(20-11-17(12-21)13-23-14-17)19-10-16(8-9-22-2)6-4-5-7-16/h21H,3-14H2,1-2H3,(H2,18,19,20). The Morgan fingerprint density at radius 3 is 2.48 bits per heavy atom. The molecule has 0 aromatic carbocycles. The Balaban J connectivity index is 1.89. The SMILES string of the molecule is CCNC(=NCC1(CO)COC1)NCC1(CCOC)CCCC1. The molecule has 0 atom stereocenters. The van der Waals surface area contributed by atoms with E-state index in [0.717, 1.165) is 32.1 Å². The number of guanidine groups is 1. The Morgan fingerprint density at radius 2 is 1.96 bits per heavy atom. The fourth-order valence-electron chi connectivity index (χ4n) is 3.44. The van der Waals surface area contributed by atoms with Gasteiger partial charge >= 0.3 is 0 Å². The van der Waals surface area contributed by atoms with Gasteiger partial charge in [0.05, 0.1) is 31.8 Å². The van der Waals surface area contributed by atoms with Gasteiger partial charge < -0.3 is 25.2 Å². The minimum atomic E-state index is -0.177. The summed E-state index contributed by atoms with van der Waals surface area (Å²) in [4.78, 5) is 4.67. The highest BCUT2D eigenvalue weighted by atomic mass is 16.5. The summed E-state index contributed by atoms with van der Waals surface area (Å²) >= 11 is 0. The topological polar surface area (TPSA) is 75.1 Å². The Kier molecular flexibility index (Phi) is 7.11. The van der Waals surface area contributed by atoms with Gasteiger partial charge in [-0.25, -0.2) is 0 Å². The van der Waals surface area contributed by atoms with Crippen molar-refractivity contribution in [3.63, 3.8) is 0 Å². The van der Waals surface area contributed by atoms with Gasteiger partial charge in [-0.3, -0.25) is 4.99 Å². The van der Waals surface area contributed by atoms with Crippen LogP contribution in [-0.4, -0.2) is 64.2 Å². The van der Waals surface area contributed by atoms with Crippen LogP contribution in [0.25, 0.3) is 0 Å². The second kappa shape index (κ2) is 8.85. The zero-order valence-electron chi connectivity index (χ0n) is 14.7. The zero-order valence-corrected chi connectivity index (χ0v) is 14.7. The minimum Gasteiger partial charge on any atom is -0.396 e. The van der Waals surface area contributed by atoms with E-state index in [1.807, 2.05) is 0 Å². The molecule has 1 saturated heterocycles. The van der Waals surface area contributed by atoms with Crippen LogP contribution >= 0.6 is 0 Å². The van der Waals surface area contributed by atoms with Crippen LogP contribution in [0.1, 0.15) is 39.0 Å². The summed E-state index contributed by atoms with van der Waals surface area (Å²) in [6.45, 7) is 6.60. The summed E-state index contributed by atoms with van der Waals surface area (Å²) in [6, 6.07) is 0. The van der Waals surface area contributed by atoms with Crippen LogP contribution in [0.2, 0.25) is 0 Å². The third kappa shape index (κ3) is 5.06. The van der Waals surface area contributed by atoms with E-state index in [-0.39, 0.29) is 12.0 Å². The summed E-state index contributed by atoms with van der Waals surface area (Å²) in [5.41, 5.74) is 0.157. The first-order chi connectivity index (χ1) is 11.2. The third-order valence-electron chi connectivity index (χ3n) is 5.20. The maximum absolute atomic E-state index is 9.52. The molecule has 0 radical (unpaired) electrons. The molecule has 2 aliphatic rings. The molecule has 1 saturated carbocycles. The number of hydrogen-bond donors (Lipinski definition) is 3. The van der Waals surface area contributed by atoms with Crippen molar-refractivity contribution >= 4 is 5.96 Å². The predicted octanol–water partition coefficient (Wildman–Crippen LogP) is 1.15. The quantitative estimate of drug-likeness (QED) is 0.437. The lowest BCUT2D eigenvalue weighted by molar-refractivity contribution is -0.130. The van der Waals surface area contributed by atoms with Crippen molar-refractivity contribution in [2.24, 2.45) is 15.8 Å². The molecule has 2 rings (SSSR count). The Bertz CT molecular complexity index is 372. The van der Waals surface area contributed by atoms with E-state index < -0.39 is 0 Å². The van der Waals surface area contributed by atoms with Gasteiger partial charge in [-0.1, -0.05) is 12.8 Å². The highest BCUT2D eigenvalue weighted by molar-refractivity contribution is 5.79. The van der Waals surface area contributed by atoms with Gasteiger partial charge in [0.25, 0.3) is 0 Å². The zero-order chi connectivity index (χ0) is 16.6. The molecular weight excluding hydrogens is 294 g/mol. The first kappa shape index (κ1) is 18.5. The number of aliphatic hydroxyl groups is 1.